The highest BCUT2D eigenvalue weighted by Crippen LogP contribution is 2.26. The van der Waals surface area contributed by atoms with Crippen molar-refractivity contribution in [1.82, 2.24) is 15.0 Å². The molecule has 15 nitrogen and oxygen atoms in total. The minimum absolute atomic E-state index is 0.103. The first-order chi connectivity index (χ1) is 11.8. The normalized spacial score (nSPS) is 21.9. The van der Waals surface area contributed by atoms with E-state index in [1.807, 2.05) is 5.14 Å². The summed E-state index contributed by atoms with van der Waals surface area (Å²) < 4.78 is -0.103. The molecule has 0 aromatic carbocycles. The summed E-state index contributed by atoms with van der Waals surface area (Å²) in [6.45, 7) is -2.46. The van der Waals surface area contributed by atoms with Crippen LogP contribution >= 0.6 is 0 Å². The molecule has 0 bridgehead atoms. The third kappa shape index (κ3) is 3.38. The zero-order chi connectivity index (χ0) is 20.4. The summed E-state index contributed by atoms with van der Waals surface area (Å²) in [5.74, 6) is -9.23. The Bertz CT molecular complexity index is 571. The summed E-state index contributed by atoms with van der Waals surface area (Å²) in [6, 6.07) is 0. The third-order valence-electron chi connectivity index (χ3n) is 3.55. The average molecular weight is 375 g/mol. The molecule has 0 aromatic rings. The second-order valence-electron chi connectivity index (χ2n) is 5.06. The number of hydrogen-bond donors (Lipinski definition) is 10. The zero-order valence-corrected chi connectivity index (χ0v) is 12.5. The summed E-state index contributed by atoms with van der Waals surface area (Å²) in [6.07, 6.45) is -6.14. The van der Waals surface area contributed by atoms with Crippen molar-refractivity contribution in [2.45, 2.75) is 23.4 Å². The Kier molecular flexibility index (Phi) is 6.37. The maximum Gasteiger partial charge on any atom is 0.352 e. The van der Waals surface area contributed by atoms with Crippen LogP contribution in [0.2, 0.25) is 0 Å². The molecule has 10 N–H and O–H groups in total. The average Bonchev–Trinajstić information content (AvgIpc) is 2.58. The van der Waals surface area contributed by atoms with Crippen LogP contribution in [0.1, 0.15) is 0 Å². The van der Waals surface area contributed by atoms with Crippen molar-refractivity contribution >= 4 is 46.0 Å². The van der Waals surface area contributed by atoms with Crippen molar-refractivity contribution in [3.8, 4) is 0 Å². The van der Waals surface area contributed by atoms with E-state index in [2.05, 4.69) is 5.14 Å². The molecule has 0 amide bonds. The fourth-order valence-corrected chi connectivity index (χ4v) is 2.15. The van der Waals surface area contributed by atoms with Crippen LogP contribution < -0.4 is 10.3 Å². The summed E-state index contributed by atoms with van der Waals surface area (Å²) in [7, 11) is 1.21. The SMILES string of the molecule is O=C(O)C(O)C(O)(B1N[B]N[B]N1C(O)(C(=O)O)C(O)C(=O)O)C(=O)O. The second kappa shape index (κ2) is 7.58. The minimum atomic E-state index is -3.79. The van der Waals surface area contributed by atoms with Gasteiger partial charge >= 0.3 is 30.9 Å². The number of nitrogens with zero attached hydrogens (tertiary/aromatic N) is 1. The van der Waals surface area contributed by atoms with E-state index in [1.165, 1.54) is 0 Å². The molecule has 0 aromatic heterocycles. The van der Waals surface area contributed by atoms with E-state index in [1.54, 1.807) is 0 Å². The van der Waals surface area contributed by atoms with Gasteiger partial charge in [-0.05, 0) is 0 Å². The highest BCUT2D eigenvalue weighted by Gasteiger charge is 2.66. The lowest BCUT2D eigenvalue weighted by Crippen LogP contribution is -2.85. The lowest BCUT2D eigenvalue weighted by Gasteiger charge is -2.47. The predicted molar refractivity (Wildman–Crippen MR) is 77.8 cm³/mol. The Morgan fingerprint density at radius 3 is 1.81 bits per heavy atom. The molecule has 1 heterocycles. The van der Waals surface area contributed by atoms with Gasteiger partial charge in [0.1, 0.15) is 0 Å². The standard InChI is InChI=1S/C8H12B3N3O12/c15-1(3(17)18)7(25,5(21)22)11-13-9-12-10-14(11)8(26,6(23)24)2(16)4(19)20/h1-2,12-13,15-16,25-26H,(H,17,18)(H,19,20)(H,21,22)(H,23,24). The van der Waals surface area contributed by atoms with E-state index < -0.39 is 54.3 Å². The molecular weight excluding hydrogens is 363 g/mol. The van der Waals surface area contributed by atoms with Gasteiger partial charge in [0.05, 0.1) is 0 Å². The third-order valence-corrected chi connectivity index (χ3v) is 3.55. The van der Waals surface area contributed by atoms with Gasteiger partial charge in [-0.3, -0.25) is 0 Å². The van der Waals surface area contributed by atoms with Crippen molar-refractivity contribution in [2.24, 2.45) is 0 Å². The number of aliphatic hydroxyl groups excluding tert-OH is 2. The Balaban J connectivity index is 3.56. The molecule has 0 aliphatic carbocycles. The minimum Gasteiger partial charge on any atom is -0.479 e. The van der Waals surface area contributed by atoms with Crippen LogP contribution in [0.3, 0.4) is 0 Å². The molecule has 4 atom stereocenters. The molecule has 140 valence electrons. The number of aliphatic carboxylic acids is 4. The summed E-state index contributed by atoms with van der Waals surface area (Å²) in [4.78, 5) is 44.7. The van der Waals surface area contributed by atoms with Gasteiger partial charge in [0.15, 0.2) is 6.10 Å². The monoisotopic (exact) mass is 375 g/mol. The van der Waals surface area contributed by atoms with Gasteiger partial charge < -0.3 is 55.9 Å². The molecule has 0 spiro atoms. The molecule has 0 saturated carbocycles. The first kappa shape index (κ1) is 21.8. The van der Waals surface area contributed by atoms with E-state index in [0.29, 0.717) is 7.55 Å². The molecule has 4 unspecified atom stereocenters. The number of hydrogen-bond acceptors (Lipinski definition) is 11. The lowest BCUT2D eigenvalue weighted by atomic mass is 9.47. The van der Waals surface area contributed by atoms with E-state index in [4.69, 9.17) is 15.3 Å². The predicted octanol–water partition coefficient (Wildman–Crippen LogP) is -6.94. The van der Waals surface area contributed by atoms with E-state index >= 15 is 0 Å². The Morgan fingerprint density at radius 2 is 1.42 bits per heavy atom. The fraction of sp³-hybridized carbons (Fsp3) is 0.500. The van der Waals surface area contributed by atoms with Gasteiger partial charge in [0.2, 0.25) is 17.3 Å². The van der Waals surface area contributed by atoms with Gasteiger partial charge in [-0.15, -0.1) is 0 Å². The molecule has 1 aliphatic heterocycles. The summed E-state index contributed by atoms with van der Waals surface area (Å²) in [5.41, 5.74) is -7.49. The van der Waals surface area contributed by atoms with Crippen LogP contribution in [0, 0.1) is 0 Å². The van der Waals surface area contributed by atoms with Crippen molar-refractivity contribution in [3.05, 3.63) is 0 Å². The van der Waals surface area contributed by atoms with E-state index in [9.17, 15) is 44.7 Å². The molecule has 1 rings (SSSR count). The quantitative estimate of drug-likeness (QED) is 0.177. The first-order valence-electron chi connectivity index (χ1n) is 6.51. The number of carbonyl (C=O) groups is 4. The summed E-state index contributed by atoms with van der Waals surface area (Å²) in [5, 5.41) is 79.7. The van der Waals surface area contributed by atoms with Crippen molar-refractivity contribution in [2.75, 3.05) is 0 Å². The molecule has 1 saturated heterocycles. The van der Waals surface area contributed by atoms with Crippen LogP contribution in [-0.4, -0.2) is 115 Å². The van der Waals surface area contributed by atoms with Crippen LogP contribution in [0.25, 0.3) is 0 Å². The molecule has 26 heavy (non-hydrogen) atoms. The van der Waals surface area contributed by atoms with Crippen molar-refractivity contribution in [3.63, 3.8) is 0 Å². The van der Waals surface area contributed by atoms with Crippen molar-refractivity contribution in [1.29, 1.82) is 0 Å². The number of nitrogens with one attached hydrogen (secondary N) is 2. The van der Waals surface area contributed by atoms with Crippen LogP contribution in [0.4, 0.5) is 0 Å². The molecule has 2 radical (unpaired) electrons. The van der Waals surface area contributed by atoms with Gasteiger partial charge in [0.25, 0.3) is 15.1 Å². The number of aliphatic hydroxyl groups is 4. The maximum atomic E-state index is 11.4. The number of rotatable bonds is 8. The van der Waals surface area contributed by atoms with E-state index in [-0.39, 0.29) is 4.72 Å². The smallest absolute Gasteiger partial charge is 0.352 e. The van der Waals surface area contributed by atoms with Crippen LogP contribution in [0.15, 0.2) is 0 Å². The summed E-state index contributed by atoms with van der Waals surface area (Å²) >= 11 is 0. The van der Waals surface area contributed by atoms with E-state index in [0.717, 1.165) is 7.55 Å². The highest BCUT2D eigenvalue weighted by atomic mass is 16.5. The number of carboxylic acids is 4. The highest BCUT2D eigenvalue weighted by molar-refractivity contribution is 6.79. The molecular formula is C8H12B3N3O12. The zero-order valence-electron chi connectivity index (χ0n) is 12.5. The lowest BCUT2D eigenvalue weighted by molar-refractivity contribution is -0.198. The van der Waals surface area contributed by atoms with Gasteiger partial charge in [-0.1, -0.05) is 0 Å². The van der Waals surface area contributed by atoms with Gasteiger partial charge in [0, 0.05) is 0 Å². The fourth-order valence-electron chi connectivity index (χ4n) is 2.15. The maximum absolute atomic E-state index is 11.4. The molecule has 1 fully saturated rings. The first-order valence-corrected chi connectivity index (χ1v) is 6.51. The number of carboxylic acid groups (broad SMARTS) is 4. The Labute approximate surface area is 145 Å². The largest absolute Gasteiger partial charge is 0.479 e. The topological polar surface area (TPSA) is 257 Å². The van der Waals surface area contributed by atoms with Crippen LogP contribution in [0.5, 0.6) is 0 Å². The second-order valence-corrected chi connectivity index (χ2v) is 5.06. The molecule has 18 heteroatoms. The van der Waals surface area contributed by atoms with Gasteiger partial charge in [-0.2, -0.15) is 0 Å². The molecule has 1 aliphatic rings. The Hall–Kier alpha value is -2.21. The Morgan fingerprint density at radius 1 is 0.923 bits per heavy atom. The van der Waals surface area contributed by atoms with Crippen LogP contribution in [-0.2, 0) is 19.2 Å². The van der Waals surface area contributed by atoms with Gasteiger partial charge in [-0.25, -0.2) is 19.2 Å². The van der Waals surface area contributed by atoms with Crippen molar-refractivity contribution < 1.29 is 60.0 Å².